The van der Waals surface area contributed by atoms with Gasteiger partial charge in [0.1, 0.15) is 5.69 Å². The Balaban J connectivity index is 2.18. The molecule has 1 unspecified atom stereocenters. The second-order valence-electron chi connectivity index (χ2n) is 4.12. The highest BCUT2D eigenvalue weighted by Crippen LogP contribution is 2.25. The van der Waals surface area contributed by atoms with Gasteiger partial charge in [-0.3, -0.25) is 4.98 Å². The number of nitrogens with two attached hydrogens (primary N) is 1. The van der Waals surface area contributed by atoms with E-state index in [0.29, 0.717) is 24.0 Å². The molecule has 2 aromatic rings. The topological polar surface area (TPSA) is 77.8 Å². The fourth-order valence-electron chi connectivity index (χ4n) is 1.63. The van der Waals surface area contributed by atoms with Gasteiger partial charge in [-0.2, -0.15) is 4.98 Å². The molecule has 0 fully saturated rings. The van der Waals surface area contributed by atoms with Crippen LogP contribution in [0, 0.1) is 0 Å². The second-order valence-corrected chi connectivity index (χ2v) is 4.98. The zero-order valence-electron chi connectivity index (χ0n) is 10.1. The van der Waals surface area contributed by atoms with Gasteiger partial charge in [0.15, 0.2) is 0 Å². The lowest BCUT2D eigenvalue weighted by Crippen LogP contribution is -2.02. The Morgan fingerprint density at radius 1 is 1.50 bits per heavy atom. The highest BCUT2D eigenvalue weighted by Gasteiger charge is 2.16. The molecule has 0 aromatic carbocycles. The standard InChI is InChI=1S/C12H15BrN4O/c1-8(4-2-6-14)12-16-11(17-18-12)10-9(13)5-3-7-15-10/h3,5,7-8H,2,4,6,14H2,1H3. The molecule has 2 N–H and O–H groups in total. The maximum absolute atomic E-state index is 5.49. The van der Waals surface area contributed by atoms with Crippen LogP contribution in [-0.4, -0.2) is 21.7 Å². The van der Waals surface area contributed by atoms with Crippen LogP contribution in [0.4, 0.5) is 0 Å². The van der Waals surface area contributed by atoms with Crippen LogP contribution in [0.1, 0.15) is 31.6 Å². The second kappa shape index (κ2) is 6.06. The summed E-state index contributed by atoms with van der Waals surface area (Å²) in [5, 5.41) is 3.97. The largest absolute Gasteiger partial charge is 0.339 e. The van der Waals surface area contributed by atoms with E-state index in [9.17, 15) is 0 Å². The Bertz CT molecular complexity index is 514. The van der Waals surface area contributed by atoms with Crippen LogP contribution in [0.25, 0.3) is 11.5 Å². The van der Waals surface area contributed by atoms with Crippen LogP contribution >= 0.6 is 15.9 Å². The van der Waals surface area contributed by atoms with Gasteiger partial charge in [0, 0.05) is 16.6 Å². The maximum atomic E-state index is 5.49. The Morgan fingerprint density at radius 2 is 2.33 bits per heavy atom. The number of rotatable bonds is 5. The van der Waals surface area contributed by atoms with Crippen molar-refractivity contribution in [2.75, 3.05) is 6.54 Å². The first-order valence-corrected chi connectivity index (χ1v) is 6.66. The third kappa shape index (κ3) is 2.94. The molecule has 0 saturated heterocycles. The minimum atomic E-state index is 0.220. The summed E-state index contributed by atoms with van der Waals surface area (Å²) in [4.78, 5) is 8.61. The highest BCUT2D eigenvalue weighted by molar-refractivity contribution is 9.10. The van der Waals surface area contributed by atoms with Gasteiger partial charge >= 0.3 is 0 Å². The van der Waals surface area contributed by atoms with Crippen LogP contribution in [0.3, 0.4) is 0 Å². The fourth-order valence-corrected chi connectivity index (χ4v) is 2.06. The number of pyridine rings is 1. The summed E-state index contributed by atoms with van der Waals surface area (Å²) >= 11 is 3.42. The van der Waals surface area contributed by atoms with Gasteiger partial charge in [-0.25, -0.2) is 0 Å². The van der Waals surface area contributed by atoms with Crippen LogP contribution in [-0.2, 0) is 0 Å². The molecular weight excluding hydrogens is 296 g/mol. The van der Waals surface area contributed by atoms with Crippen LogP contribution in [0.15, 0.2) is 27.3 Å². The molecule has 0 spiro atoms. The summed E-state index contributed by atoms with van der Waals surface area (Å²) < 4.78 is 6.12. The molecule has 2 rings (SSSR count). The van der Waals surface area contributed by atoms with E-state index in [2.05, 4.69) is 38.0 Å². The van der Waals surface area contributed by atoms with Gasteiger partial charge in [0.25, 0.3) is 0 Å². The van der Waals surface area contributed by atoms with Crippen molar-refractivity contribution >= 4 is 15.9 Å². The molecule has 1 atom stereocenters. The van der Waals surface area contributed by atoms with E-state index in [1.54, 1.807) is 6.20 Å². The van der Waals surface area contributed by atoms with E-state index in [1.807, 2.05) is 12.1 Å². The van der Waals surface area contributed by atoms with Crippen LogP contribution in [0.5, 0.6) is 0 Å². The number of halogens is 1. The number of aromatic nitrogens is 3. The molecule has 0 aliphatic carbocycles. The van der Waals surface area contributed by atoms with Crippen LogP contribution < -0.4 is 5.73 Å². The minimum Gasteiger partial charge on any atom is -0.339 e. The molecule has 0 saturated carbocycles. The average Bonchev–Trinajstić information content (AvgIpc) is 2.86. The van der Waals surface area contributed by atoms with E-state index in [4.69, 9.17) is 10.3 Å². The highest BCUT2D eigenvalue weighted by atomic mass is 79.9. The maximum Gasteiger partial charge on any atom is 0.229 e. The first-order valence-electron chi connectivity index (χ1n) is 5.87. The van der Waals surface area contributed by atoms with E-state index in [1.165, 1.54) is 0 Å². The summed E-state index contributed by atoms with van der Waals surface area (Å²) in [6, 6.07) is 3.74. The average molecular weight is 311 g/mol. The van der Waals surface area contributed by atoms with Crippen molar-refractivity contribution in [2.24, 2.45) is 5.73 Å². The predicted octanol–water partition coefficient (Wildman–Crippen LogP) is 2.74. The smallest absolute Gasteiger partial charge is 0.229 e. The van der Waals surface area contributed by atoms with E-state index in [0.717, 1.165) is 17.3 Å². The monoisotopic (exact) mass is 310 g/mol. The normalized spacial score (nSPS) is 12.6. The first kappa shape index (κ1) is 13.2. The minimum absolute atomic E-state index is 0.220. The molecule has 2 aromatic heterocycles. The predicted molar refractivity (Wildman–Crippen MR) is 71.9 cm³/mol. The van der Waals surface area contributed by atoms with Crippen molar-refractivity contribution in [3.05, 3.63) is 28.7 Å². The third-order valence-corrected chi connectivity index (χ3v) is 3.31. The van der Waals surface area contributed by atoms with Gasteiger partial charge < -0.3 is 10.3 Å². The molecule has 96 valence electrons. The lowest BCUT2D eigenvalue weighted by molar-refractivity contribution is 0.352. The lowest BCUT2D eigenvalue weighted by atomic mass is 10.1. The summed E-state index contributed by atoms with van der Waals surface area (Å²) in [7, 11) is 0. The number of hydrogen-bond acceptors (Lipinski definition) is 5. The SMILES string of the molecule is CC(CCCN)c1nc(-c2ncccc2Br)no1. The molecule has 0 bridgehead atoms. The molecule has 2 heterocycles. The summed E-state index contributed by atoms with van der Waals surface area (Å²) in [5.41, 5.74) is 6.18. The van der Waals surface area contributed by atoms with Crippen LogP contribution in [0.2, 0.25) is 0 Å². The molecule has 5 nitrogen and oxygen atoms in total. The van der Waals surface area contributed by atoms with Gasteiger partial charge in [0.2, 0.25) is 11.7 Å². The van der Waals surface area contributed by atoms with Crippen molar-refractivity contribution in [2.45, 2.75) is 25.7 Å². The van der Waals surface area contributed by atoms with Crippen molar-refractivity contribution in [3.63, 3.8) is 0 Å². The molecule has 0 aliphatic rings. The Morgan fingerprint density at radius 3 is 3.06 bits per heavy atom. The van der Waals surface area contributed by atoms with Crippen molar-refractivity contribution < 1.29 is 4.52 Å². The van der Waals surface area contributed by atoms with Crippen molar-refractivity contribution in [3.8, 4) is 11.5 Å². The first-order chi connectivity index (χ1) is 8.72. The van der Waals surface area contributed by atoms with E-state index in [-0.39, 0.29) is 5.92 Å². The van der Waals surface area contributed by atoms with Gasteiger partial charge in [0.05, 0.1) is 0 Å². The summed E-state index contributed by atoms with van der Waals surface area (Å²) in [6.45, 7) is 2.73. The van der Waals surface area contributed by atoms with Crippen molar-refractivity contribution in [1.82, 2.24) is 15.1 Å². The fraction of sp³-hybridized carbons (Fsp3) is 0.417. The molecular formula is C12H15BrN4O. The quantitative estimate of drug-likeness (QED) is 0.918. The molecule has 0 amide bonds. The third-order valence-electron chi connectivity index (χ3n) is 2.67. The molecule has 0 radical (unpaired) electrons. The Kier molecular flexibility index (Phi) is 4.43. The molecule has 0 aliphatic heterocycles. The molecule has 18 heavy (non-hydrogen) atoms. The Labute approximate surface area is 114 Å². The zero-order valence-corrected chi connectivity index (χ0v) is 11.7. The Hall–Kier alpha value is -1.27. The lowest BCUT2D eigenvalue weighted by Gasteiger charge is -2.03. The van der Waals surface area contributed by atoms with E-state index >= 15 is 0 Å². The molecule has 6 heteroatoms. The van der Waals surface area contributed by atoms with Gasteiger partial charge in [-0.1, -0.05) is 12.1 Å². The number of hydrogen-bond donors (Lipinski definition) is 1. The van der Waals surface area contributed by atoms with Gasteiger partial charge in [-0.15, -0.1) is 0 Å². The number of nitrogens with zero attached hydrogens (tertiary/aromatic N) is 3. The summed E-state index contributed by atoms with van der Waals surface area (Å²) in [6.07, 6.45) is 3.60. The van der Waals surface area contributed by atoms with Crippen molar-refractivity contribution in [1.29, 1.82) is 0 Å². The zero-order chi connectivity index (χ0) is 13.0. The van der Waals surface area contributed by atoms with E-state index < -0.39 is 0 Å². The summed E-state index contributed by atoms with van der Waals surface area (Å²) in [5.74, 6) is 1.37. The van der Waals surface area contributed by atoms with Gasteiger partial charge in [-0.05, 0) is 47.4 Å².